The predicted molar refractivity (Wildman–Crippen MR) is 256 cm³/mol. The van der Waals surface area contributed by atoms with E-state index in [-0.39, 0.29) is 5.41 Å². The van der Waals surface area contributed by atoms with E-state index in [1.807, 2.05) is 11.8 Å². The highest BCUT2D eigenvalue weighted by atomic mass is 32.2. The molecule has 5 aliphatic rings. The van der Waals surface area contributed by atoms with Gasteiger partial charge in [0, 0.05) is 20.9 Å². The molecular formula is C58H39NSSi. The molecule has 0 aromatic heterocycles. The summed E-state index contributed by atoms with van der Waals surface area (Å²) in [5.74, 6) is 0. The summed E-state index contributed by atoms with van der Waals surface area (Å²) < 4.78 is 0. The first kappa shape index (κ1) is 34.1. The van der Waals surface area contributed by atoms with Gasteiger partial charge in [-0.1, -0.05) is 183 Å². The van der Waals surface area contributed by atoms with E-state index in [1.54, 1.807) is 0 Å². The molecule has 4 heterocycles. The molecule has 0 bridgehead atoms. The van der Waals surface area contributed by atoms with Gasteiger partial charge in [-0.15, -0.1) is 0 Å². The van der Waals surface area contributed by atoms with E-state index in [4.69, 9.17) is 0 Å². The van der Waals surface area contributed by atoms with Crippen molar-refractivity contribution in [3.05, 3.63) is 234 Å². The van der Waals surface area contributed by atoms with Gasteiger partial charge in [0.2, 0.25) is 0 Å². The standard InChI is InChI=1S/C58H39NSSi/c1-57(2)43-20-6-3-17-37(43)41-35-56-42(34-48(41)57)40-32-31-36(33-55(40)61(56)53-29-15-4-18-38(53)39-19-5-16-30-54(39)61)59-49-25-11-7-21-44(49)58(45-22-8-12-26-50(45)59)46-23-9-13-27-51(46)60-52-28-14-10-24-47(52)58/h3-35H,1-2H3. The molecule has 1 nitrogen and oxygen atoms in total. The Hall–Kier alpha value is -6.65. The molecule has 14 rings (SSSR count). The molecule has 286 valence electrons. The van der Waals surface area contributed by atoms with E-state index in [1.165, 1.54) is 114 Å². The van der Waals surface area contributed by atoms with Crippen molar-refractivity contribution in [2.24, 2.45) is 0 Å². The molecule has 0 amide bonds. The van der Waals surface area contributed by atoms with Crippen molar-refractivity contribution in [1.29, 1.82) is 0 Å². The molecular weight excluding hydrogens is 771 g/mol. The van der Waals surface area contributed by atoms with Crippen LogP contribution in [0.2, 0.25) is 0 Å². The first-order chi connectivity index (χ1) is 30.0. The molecule has 2 spiro atoms. The van der Waals surface area contributed by atoms with Crippen LogP contribution in [0.4, 0.5) is 17.1 Å². The summed E-state index contributed by atoms with van der Waals surface area (Å²) in [5.41, 5.74) is 19.7. The van der Waals surface area contributed by atoms with Gasteiger partial charge >= 0.3 is 0 Å². The number of hydrogen-bond acceptors (Lipinski definition) is 2. The molecule has 0 unspecified atom stereocenters. The SMILES string of the molecule is CC1(C)c2ccccc2-c2cc3c(cc21)-c1ccc(N2c4ccccc4C4(c5ccccc5Sc5ccccc54)c4ccccc42)cc1[Si]31c2ccccc2-c2ccccc21. The van der Waals surface area contributed by atoms with Gasteiger partial charge in [0.25, 0.3) is 0 Å². The van der Waals surface area contributed by atoms with Gasteiger partial charge in [-0.3, -0.25) is 0 Å². The fourth-order valence-electron chi connectivity index (χ4n) is 12.6. The monoisotopic (exact) mass is 809 g/mol. The lowest BCUT2D eigenvalue weighted by atomic mass is 9.62. The maximum atomic E-state index is 2.65. The Morgan fingerprint density at radius 3 is 1.46 bits per heavy atom. The third kappa shape index (κ3) is 4.01. The molecule has 4 aliphatic heterocycles. The molecule has 0 saturated heterocycles. The lowest BCUT2D eigenvalue weighted by Gasteiger charge is -2.49. The van der Waals surface area contributed by atoms with Gasteiger partial charge in [0.1, 0.15) is 0 Å². The number of benzene rings is 9. The van der Waals surface area contributed by atoms with E-state index in [0.29, 0.717) is 0 Å². The molecule has 0 saturated carbocycles. The summed E-state index contributed by atoms with van der Waals surface area (Å²) in [6.45, 7) is 4.83. The Balaban J connectivity index is 1.07. The van der Waals surface area contributed by atoms with Crippen LogP contribution in [0, 0.1) is 0 Å². The Labute approximate surface area is 362 Å². The highest BCUT2D eigenvalue weighted by Crippen LogP contribution is 2.63. The summed E-state index contributed by atoms with van der Waals surface area (Å²) in [4.78, 5) is 5.22. The Bertz CT molecular complexity index is 3270. The van der Waals surface area contributed by atoms with E-state index in [9.17, 15) is 0 Å². The lowest BCUT2D eigenvalue weighted by molar-refractivity contribution is 0.661. The maximum Gasteiger partial charge on any atom is 0.182 e. The van der Waals surface area contributed by atoms with Crippen LogP contribution >= 0.6 is 11.8 Å². The zero-order valence-electron chi connectivity index (χ0n) is 33.9. The minimum absolute atomic E-state index is 0.0874. The fourth-order valence-corrected chi connectivity index (χ4v) is 19.4. The molecule has 9 aromatic rings. The quantitative estimate of drug-likeness (QED) is 0.152. The molecule has 0 atom stereocenters. The predicted octanol–water partition coefficient (Wildman–Crippen LogP) is 12.0. The molecule has 3 heteroatoms. The number of rotatable bonds is 1. The highest BCUT2D eigenvalue weighted by molar-refractivity contribution is 7.99. The van der Waals surface area contributed by atoms with Crippen LogP contribution in [0.5, 0.6) is 0 Å². The van der Waals surface area contributed by atoms with Crippen molar-refractivity contribution in [3.63, 3.8) is 0 Å². The third-order valence-corrected chi connectivity index (χ3v) is 21.0. The summed E-state index contributed by atoms with van der Waals surface area (Å²) in [7, 11) is -2.80. The second-order valence-electron chi connectivity index (χ2n) is 17.9. The average Bonchev–Trinajstić information content (AvgIpc) is 3.86. The van der Waals surface area contributed by atoms with Gasteiger partial charge < -0.3 is 4.90 Å². The molecule has 0 N–H and O–H groups in total. The largest absolute Gasteiger partial charge is 0.310 e. The minimum atomic E-state index is -2.80. The molecule has 1 aliphatic carbocycles. The number of fused-ring (bicyclic) bond motifs is 21. The lowest BCUT2D eigenvalue weighted by Crippen LogP contribution is -2.70. The Kier molecular flexibility index (Phi) is 6.59. The first-order valence-corrected chi connectivity index (χ1v) is 24.3. The van der Waals surface area contributed by atoms with Crippen molar-refractivity contribution in [2.75, 3.05) is 4.90 Å². The van der Waals surface area contributed by atoms with Gasteiger partial charge in [-0.05, 0) is 130 Å². The Morgan fingerprint density at radius 2 is 0.836 bits per heavy atom. The van der Waals surface area contributed by atoms with Crippen molar-refractivity contribution in [3.8, 4) is 33.4 Å². The van der Waals surface area contributed by atoms with E-state index in [2.05, 4.69) is 219 Å². The number of para-hydroxylation sites is 2. The molecule has 9 aromatic carbocycles. The minimum Gasteiger partial charge on any atom is -0.310 e. The molecule has 61 heavy (non-hydrogen) atoms. The van der Waals surface area contributed by atoms with Gasteiger partial charge in [0.05, 0.1) is 16.8 Å². The van der Waals surface area contributed by atoms with Crippen LogP contribution < -0.4 is 25.6 Å². The van der Waals surface area contributed by atoms with Crippen molar-refractivity contribution in [2.45, 2.75) is 34.5 Å². The van der Waals surface area contributed by atoms with Gasteiger partial charge in [-0.2, -0.15) is 0 Å². The molecule has 0 radical (unpaired) electrons. The summed E-state index contributed by atoms with van der Waals surface area (Å²) in [6, 6.07) is 77.2. The second-order valence-corrected chi connectivity index (χ2v) is 22.6. The number of hydrogen-bond donors (Lipinski definition) is 0. The maximum absolute atomic E-state index is 2.80. The zero-order valence-corrected chi connectivity index (χ0v) is 35.7. The Morgan fingerprint density at radius 1 is 0.361 bits per heavy atom. The van der Waals surface area contributed by atoms with Crippen molar-refractivity contribution >= 4 is 57.6 Å². The summed E-state index contributed by atoms with van der Waals surface area (Å²) in [5, 5.41) is 6.03. The third-order valence-electron chi connectivity index (χ3n) is 14.9. The van der Waals surface area contributed by atoms with Crippen LogP contribution in [0.3, 0.4) is 0 Å². The fraction of sp³-hybridized carbons (Fsp3) is 0.0690. The van der Waals surface area contributed by atoms with Gasteiger partial charge in [-0.25, -0.2) is 0 Å². The molecule has 0 fully saturated rings. The topological polar surface area (TPSA) is 3.24 Å². The number of anilines is 3. The highest BCUT2D eigenvalue weighted by Gasteiger charge is 2.56. The van der Waals surface area contributed by atoms with E-state index < -0.39 is 13.5 Å². The number of nitrogens with zero attached hydrogens (tertiary/aromatic N) is 1. The van der Waals surface area contributed by atoms with Crippen LogP contribution in [0.1, 0.15) is 47.2 Å². The van der Waals surface area contributed by atoms with Crippen molar-refractivity contribution in [1.82, 2.24) is 0 Å². The van der Waals surface area contributed by atoms with Crippen molar-refractivity contribution < 1.29 is 0 Å². The van der Waals surface area contributed by atoms with Crippen LogP contribution in [-0.2, 0) is 10.8 Å². The first-order valence-electron chi connectivity index (χ1n) is 21.5. The van der Waals surface area contributed by atoms with E-state index >= 15 is 0 Å². The van der Waals surface area contributed by atoms with Crippen LogP contribution in [-0.4, -0.2) is 8.07 Å². The van der Waals surface area contributed by atoms with E-state index in [0.717, 1.165) is 0 Å². The second kappa shape index (κ2) is 11.8. The van der Waals surface area contributed by atoms with Gasteiger partial charge in [0.15, 0.2) is 8.07 Å². The van der Waals surface area contributed by atoms with Crippen LogP contribution in [0.25, 0.3) is 33.4 Å². The average molecular weight is 810 g/mol. The van der Waals surface area contributed by atoms with Crippen LogP contribution in [0.15, 0.2) is 210 Å². The zero-order chi connectivity index (χ0) is 40.2. The normalized spacial score (nSPS) is 16.3. The smallest absolute Gasteiger partial charge is 0.182 e. The summed E-state index contributed by atoms with van der Waals surface area (Å²) >= 11 is 1.90. The summed E-state index contributed by atoms with van der Waals surface area (Å²) in [6.07, 6.45) is 0.